The van der Waals surface area contributed by atoms with Crippen LogP contribution in [0, 0.1) is 11.7 Å². The number of nitrogens with zero attached hydrogens (tertiary/aromatic N) is 3. The second kappa shape index (κ2) is 5.80. The van der Waals surface area contributed by atoms with Crippen LogP contribution in [0.25, 0.3) is 0 Å². The van der Waals surface area contributed by atoms with Crippen molar-refractivity contribution in [3.63, 3.8) is 0 Å². The molecule has 1 saturated carbocycles. The van der Waals surface area contributed by atoms with E-state index in [9.17, 15) is 9.18 Å². The fourth-order valence-electron chi connectivity index (χ4n) is 3.59. The molecule has 1 aliphatic carbocycles. The van der Waals surface area contributed by atoms with E-state index in [0.29, 0.717) is 19.0 Å². The van der Waals surface area contributed by atoms with Crippen molar-refractivity contribution in [3.05, 3.63) is 53.9 Å². The van der Waals surface area contributed by atoms with E-state index in [2.05, 4.69) is 9.55 Å². The van der Waals surface area contributed by atoms with Gasteiger partial charge in [0.1, 0.15) is 11.9 Å². The number of imidazole rings is 1. The maximum absolute atomic E-state index is 13.1. The molecule has 0 saturated heterocycles. The van der Waals surface area contributed by atoms with E-state index in [1.807, 2.05) is 11.1 Å². The molecule has 2 heterocycles. The molecule has 4 nitrogen and oxygen atoms in total. The number of hydrogen-bond donors (Lipinski definition) is 0. The minimum atomic E-state index is -0.245. The van der Waals surface area contributed by atoms with Gasteiger partial charge in [-0.05, 0) is 36.5 Å². The Hall–Kier alpha value is -2.17. The summed E-state index contributed by atoms with van der Waals surface area (Å²) in [6.45, 7) is 1.23. The van der Waals surface area contributed by atoms with Gasteiger partial charge >= 0.3 is 0 Å². The van der Waals surface area contributed by atoms with Crippen molar-refractivity contribution >= 4 is 5.91 Å². The molecule has 0 radical (unpaired) electrons. The second-order valence-electron chi connectivity index (χ2n) is 6.56. The van der Waals surface area contributed by atoms with Gasteiger partial charge in [0, 0.05) is 31.4 Å². The number of aromatic nitrogens is 2. The van der Waals surface area contributed by atoms with E-state index in [1.165, 1.54) is 18.6 Å². The van der Waals surface area contributed by atoms with E-state index in [0.717, 1.165) is 30.5 Å². The SMILES string of the molecule is O=C1C(C2CCC2)n2cncc2CCN1Cc1ccc(F)cc1. The summed E-state index contributed by atoms with van der Waals surface area (Å²) in [4.78, 5) is 19.3. The number of fused-ring (bicyclic) bond motifs is 1. The molecule has 0 bridgehead atoms. The van der Waals surface area contributed by atoms with Crippen LogP contribution in [-0.2, 0) is 17.8 Å². The third-order valence-corrected chi connectivity index (χ3v) is 5.13. The quantitative estimate of drug-likeness (QED) is 0.874. The Morgan fingerprint density at radius 1 is 1.22 bits per heavy atom. The molecule has 2 aromatic rings. The van der Waals surface area contributed by atoms with E-state index >= 15 is 0 Å². The van der Waals surface area contributed by atoms with Crippen LogP contribution in [0.4, 0.5) is 4.39 Å². The fourth-order valence-corrected chi connectivity index (χ4v) is 3.59. The van der Waals surface area contributed by atoms with Crippen LogP contribution in [0.15, 0.2) is 36.8 Å². The number of rotatable bonds is 3. The standard InChI is InChI=1S/C18H20FN3O/c19-15-6-4-13(5-7-15)11-21-9-8-16-10-20-12-22(16)17(18(21)23)14-2-1-3-14/h4-7,10,12,14,17H,1-3,8-9,11H2. The number of benzene rings is 1. The van der Waals surface area contributed by atoms with Gasteiger partial charge in [-0.2, -0.15) is 0 Å². The minimum absolute atomic E-state index is 0.121. The van der Waals surface area contributed by atoms with Crippen molar-refractivity contribution in [2.24, 2.45) is 5.92 Å². The van der Waals surface area contributed by atoms with Crippen molar-refractivity contribution in [3.8, 4) is 0 Å². The predicted octanol–water partition coefficient (Wildman–Crippen LogP) is 2.95. The highest BCUT2D eigenvalue weighted by Crippen LogP contribution is 2.39. The molecular formula is C18H20FN3O. The molecule has 4 rings (SSSR count). The first-order valence-electron chi connectivity index (χ1n) is 8.26. The monoisotopic (exact) mass is 313 g/mol. The Labute approximate surface area is 134 Å². The molecule has 23 heavy (non-hydrogen) atoms. The zero-order valence-corrected chi connectivity index (χ0v) is 13.0. The van der Waals surface area contributed by atoms with Crippen molar-refractivity contribution in [2.75, 3.05) is 6.54 Å². The predicted molar refractivity (Wildman–Crippen MR) is 84.1 cm³/mol. The van der Waals surface area contributed by atoms with Gasteiger partial charge in [0.25, 0.3) is 0 Å². The van der Waals surface area contributed by atoms with E-state index < -0.39 is 0 Å². The summed E-state index contributed by atoms with van der Waals surface area (Å²) >= 11 is 0. The van der Waals surface area contributed by atoms with Crippen molar-refractivity contribution in [2.45, 2.75) is 38.3 Å². The molecular weight excluding hydrogens is 293 g/mol. The van der Waals surface area contributed by atoms with Crippen LogP contribution in [0.3, 0.4) is 0 Å². The van der Waals surface area contributed by atoms with Gasteiger partial charge in [-0.25, -0.2) is 9.37 Å². The summed E-state index contributed by atoms with van der Waals surface area (Å²) in [7, 11) is 0. The first kappa shape index (κ1) is 14.4. The second-order valence-corrected chi connectivity index (χ2v) is 6.56. The molecule has 5 heteroatoms. The van der Waals surface area contributed by atoms with Gasteiger partial charge in [0.15, 0.2) is 0 Å². The topological polar surface area (TPSA) is 38.1 Å². The van der Waals surface area contributed by atoms with Crippen LogP contribution < -0.4 is 0 Å². The third kappa shape index (κ3) is 2.64. The lowest BCUT2D eigenvalue weighted by Crippen LogP contribution is -2.40. The molecule has 1 unspecified atom stereocenters. The molecule has 120 valence electrons. The largest absolute Gasteiger partial charge is 0.336 e. The first-order chi connectivity index (χ1) is 11.2. The summed E-state index contributed by atoms with van der Waals surface area (Å²) in [5, 5.41) is 0. The lowest BCUT2D eigenvalue weighted by Gasteiger charge is -2.35. The molecule has 1 aliphatic heterocycles. The Balaban J connectivity index is 1.60. The Bertz CT molecular complexity index is 705. The van der Waals surface area contributed by atoms with E-state index in [1.54, 1.807) is 18.5 Å². The average molecular weight is 313 g/mol. The highest BCUT2D eigenvalue weighted by atomic mass is 19.1. The summed E-state index contributed by atoms with van der Waals surface area (Å²) in [5.41, 5.74) is 2.11. The molecule has 1 fully saturated rings. The number of carbonyl (C=O) groups is 1. The summed E-state index contributed by atoms with van der Waals surface area (Å²) in [6, 6.07) is 6.30. The molecule has 2 aliphatic rings. The minimum Gasteiger partial charge on any atom is -0.336 e. The highest BCUT2D eigenvalue weighted by molar-refractivity contribution is 5.81. The van der Waals surface area contributed by atoms with Crippen LogP contribution in [0.5, 0.6) is 0 Å². The summed E-state index contributed by atoms with van der Waals surface area (Å²) in [5.74, 6) is 0.352. The van der Waals surface area contributed by atoms with Crippen molar-refractivity contribution < 1.29 is 9.18 Å². The van der Waals surface area contributed by atoms with E-state index in [4.69, 9.17) is 0 Å². The molecule has 0 spiro atoms. The van der Waals surface area contributed by atoms with Crippen LogP contribution in [-0.4, -0.2) is 26.9 Å². The molecule has 1 atom stereocenters. The summed E-state index contributed by atoms with van der Waals surface area (Å²) in [6.07, 6.45) is 7.92. The average Bonchev–Trinajstić information content (AvgIpc) is 2.92. The number of carbonyl (C=O) groups excluding carboxylic acids is 1. The van der Waals surface area contributed by atoms with E-state index in [-0.39, 0.29) is 17.8 Å². The van der Waals surface area contributed by atoms with Gasteiger partial charge in [0.2, 0.25) is 5.91 Å². The number of halogens is 1. The number of amides is 1. The van der Waals surface area contributed by atoms with Crippen molar-refractivity contribution in [1.29, 1.82) is 0 Å². The zero-order chi connectivity index (χ0) is 15.8. The Morgan fingerprint density at radius 2 is 2.00 bits per heavy atom. The van der Waals surface area contributed by atoms with Gasteiger partial charge in [0.05, 0.1) is 6.33 Å². The van der Waals surface area contributed by atoms with Gasteiger partial charge in [-0.3, -0.25) is 4.79 Å². The summed E-state index contributed by atoms with van der Waals surface area (Å²) < 4.78 is 15.2. The van der Waals surface area contributed by atoms with Crippen LogP contribution in [0.2, 0.25) is 0 Å². The first-order valence-corrected chi connectivity index (χ1v) is 8.26. The molecule has 0 N–H and O–H groups in total. The number of hydrogen-bond acceptors (Lipinski definition) is 2. The lowest BCUT2D eigenvalue weighted by molar-refractivity contribution is -0.137. The maximum Gasteiger partial charge on any atom is 0.246 e. The molecule has 1 amide bonds. The van der Waals surface area contributed by atoms with Crippen LogP contribution >= 0.6 is 0 Å². The zero-order valence-electron chi connectivity index (χ0n) is 13.0. The molecule has 1 aromatic carbocycles. The van der Waals surface area contributed by atoms with Crippen molar-refractivity contribution in [1.82, 2.24) is 14.5 Å². The molecule has 1 aromatic heterocycles. The van der Waals surface area contributed by atoms with Crippen LogP contribution in [0.1, 0.15) is 36.6 Å². The normalized spacial score (nSPS) is 21.7. The van der Waals surface area contributed by atoms with Gasteiger partial charge in [-0.15, -0.1) is 0 Å². The lowest BCUT2D eigenvalue weighted by atomic mass is 9.79. The Kier molecular flexibility index (Phi) is 3.63. The van der Waals surface area contributed by atoms with Gasteiger partial charge in [-0.1, -0.05) is 18.6 Å². The Morgan fingerprint density at radius 3 is 2.70 bits per heavy atom. The smallest absolute Gasteiger partial charge is 0.246 e. The third-order valence-electron chi connectivity index (χ3n) is 5.13. The van der Waals surface area contributed by atoms with Gasteiger partial charge < -0.3 is 9.47 Å². The maximum atomic E-state index is 13.1. The fraction of sp³-hybridized carbons (Fsp3) is 0.444. The highest BCUT2D eigenvalue weighted by Gasteiger charge is 2.38.